The van der Waals surface area contributed by atoms with Crippen LogP contribution in [0.4, 0.5) is 5.69 Å². The Morgan fingerprint density at radius 1 is 0.906 bits per heavy atom. The Hall–Kier alpha value is -2.66. The van der Waals surface area contributed by atoms with E-state index in [1.807, 2.05) is 57.3 Å². The third kappa shape index (κ3) is 4.31. The van der Waals surface area contributed by atoms with Crippen molar-refractivity contribution >= 4 is 35.0 Å². The van der Waals surface area contributed by atoms with Gasteiger partial charge in [-0.05, 0) is 83.9 Å². The van der Waals surface area contributed by atoms with Crippen LogP contribution in [0.3, 0.4) is 0 Å². The van der Waals surface area contributed by atoms with Crippen molar-refractivity contribution in [1.29, 1.82) is 0 Å². The molecule has 5 heteroatoms. The second-order valence-electron chi connectivity index (χ2n) is 10.7. The molecular weight excluding hydrogens is 416 g/mol. The van der Waals surface area contributed by atoms with Crippen LogP contribution in [0.5, 0.6) is 5.75 Å². The fourth-order valence-corrected chi connectivity index (χ4v) is 4.18. The van der Waals surface area contributed by atoms with E-state index in [9.17, 15) is 9.90 Å². The van der Waals surface area contributed by atoms with Crippen LogP contribution >= 0.6 is 12.2 Å². The van der Waals surface area contributed by atoms with E-state index in [2.05, 4.69) is 41.5 Å². The molecule has 0 bridgehead atoms. The zero-order valence-electron chi connectivity index (χ0n) is 20.6. The molecule has 1 saturated heterocycles. The zero-order valence-corrected chi connectivity index (χ0v) is 21.4. The van der Waals surface area contributed by atoms with Crippen LogP contribution in [-0.2, 0) is 15.6 Å². The number of rotatable bonds is 2. The predicted octanol–water partition coefficient (Wildman–Crippen LogP) is 6.21. The molecule has 1 N–H and O–H groups in total. The van der Waals surface area contributed by atoms with E-state index in [-0.39, 0.29) is 16.7 Å². The number of likely N-dealkylation sites (N-methyl/N-ethyl adjacent to an activating group) is 1. The number of hydrogen-bond acceptors (Lipinski definition) is 3. The second kappa shape index (κ2) is 8.04. The number of phenolic OH excluding ortho intramolecular Hbond substituents is 1. The van der Waals surface area contributed by atoms with Crippen molar-refractivity contribution in [1.82, 2.24) is 4.90 Å². The normalized spacial score (nSPS) is 16.5. The van der Waals surface area contributed by atoms with Crippen LogP contribution in [0.2, 0.25) is 0 Å². The van der Waals surface area contributed by atoms with E-state index in [1.165, 1.54) is 5.56 Å². The van der Waals surface area contributed by atoms with Gasteiger partial charge in [0.15, 0.2) is 5.11 Å². The second-order valence-corrected chi connectivity index (χ2v) is 11.1. The summed E-state index contributed by atoms with van der Waals surface area (Å²) in [6.45, 7) is 16.5. The quantitative estimate of drug-likeness (QED) is 0.436. The maximum absolute atomic E-state index is 13.4. The standard InChI is InChI=1S/C27H34N2O2S/c1-16-10-11-19(12-17(16)2)29-24(31)22(28(9)25(29)32)15-18-13-20(26(3,4)5)23(30)21(14-18)27(6,7)8/h10-15,30H,1-9H3/b22-15-. The topological polar surface area (TPSA) is 43.8 Å². The summed E-state index contributed by atoms with van der Waals surface area (Å²) in [7, 11) is 1.82. The molecule has 32 heavy (non-hydrogen) atoms. The number of phenols is 1. The van der Waals surface area contributed by atoms with E-state index < -0.39 is 0 Å². The molecule has 1 heterocycles. The van der Waals surface area contributed by atoms with Crippen molar-refractivity contribution in [3.63, 3.8) is 0 Å². The van der Waals surface area contributed by atoms with Crippen molar-refractivity contribution in [2.45, 2.75) is 66.2 Å². The Morgan fingerprint density at radius 3 is 1.91 bits per heavy atom. The van der Waals surface area contributed by atoms with Gasteiger partial charge in [0.25, 0.3) is 5.91 Å². The minimum Gasteiger partial charge on any atom is -0.507 e. The Labute approximate surface area is 197 Å². The smallest absolute Gasteiger partial charge is 0.281 e. The van der Waals surface area contributed by atoms with Crippen LogP contribution < -0.4 is 4.90 Å². The lowest BCUT2D eigenvalue weighted by atomic mass is 9.78. The van der Waals surface area contributed by atoms with Crippen LogP contribution in [0.25, 0.3) is 6.08 Å². The fraction of sp³-hybridized carbons (Fsp3) is 0.407. The minimum absolute atomic E-state index is 0.150. The van der Waals surface area contributed by atoms with Crippen molar-refractivity contribution in [3.05, 3.63) is 63.8 Å². The third-order valence-corrected chi connectivity index (χ3v) is 6.52. The largest absolute Gasteiger partial charge is 0.507 e. The Morgan fingerprint density at radius 2 is 1.44 bits per heavy atom. The molecule has 2 aromatic rings. The highest BCUT2D eigenvalue weighted by atomic mass is 32.1. The first-order chi connectivity index (χ1) is 14.6. The number of benzene rings is 2. The number of aromatic hydroxyl groups is 1. The lowest BCUT2D eigenvalue weighted by Crippen LogP contribution is -2.31. The average molecular weight is 451 g/mol. The summed E-state index contributed by atoms with van der Waals surface area (Å²) in [4.78, 5) is 16.8. The molecule has 0 saturated carbocycles. The molecule has 0 aliphatic carbocycles. The van der Waals surface area contributed by atoms with E-state index in [4.69, 9.17) is 12.2 Å². The maximum atomic E-state index is 13.4. The van der Waals surface area contributed by atoms with E-state index in [0.29, 0.717) is 16.6 Å². The highest BCUT2D eigenvalue weighted by Gasteiger charge is 2.37. The number of carbonyl (C=O) groups excluding carboxylic acids is 1. The van der Waals surface area contributed by atoms with Gasteiger partial charge in [0, 0.05) is 18.2 Å². The fourth-order valence-electron chi connectivity index (χ4n) is 3.89. The van der Waals surface area contributed by atoms with Crippen LogP contribution in [0.15, 0.2) is 36.0 Å². The van der Waals surface area contributed by atoms with Crippen molar-refractivity contribution in [2.24, 2.45) is 0 Å². The number of anilines is 1. The van der Waals surface area contributed by atoms with Gasteiger partial charge in [-0.2, -0.15) is 0 Å². The molecule has 0 aromatic heterocycles. The summed E-state index contributed by atoms with van der Waals surface area (Å²) in [5.74, 6) is 0.175. The Kier molecular flexibility index (Phi) is 6.03. The van der Waals surface area contributed by atoms with Crippen molar-refractivity contribution < 1.29 is 9.90 Å². The average Bonchev–Trinajstić information content (AvgIpc) is 2.87. The Balaban J connectivity index is 2.14. The first-order valence-electron chi connectivity index (χ1n) is 10.9. The number of carbonyl (C=O) groups is 1. The molecular formula is C27H34N2O2S. The summed E-state index contributed by atoms with van der Waals surface area (Å²) in [6, 6.07) is 9.87. The van der Waals surface area contributed by atoms with Crippen LogP contribution in [-0.4, -0.2) is 28.1 Å². The summed E-state index contributed by atoms with van der Waals surface area (Å²) in [6.07, 6.45) is 1.87. The van der Waals surface area contributed by atoms with Crippen LogP contribution in [0, 0.1) is 13.8 Å². The molecule has 1 fully saturated rings. The number of hydrogen-bond donors (Lipinski definition) is 1. The molecule has 0 atom stereocenters. The number of thiocarbonyl (C=S) groups is 1. The summed E-state index contributed by atoms with van der Waals surface area (Å²) < 4.78 is 0. The van der Waals surface area contributed by atoms with E-state index in [0.717, 1.165) is 27.9 Å². The van der Waals surface area contributed by atoms with Crippen molar-refractivity contribution in [2.75, 3.05) is 11.9 Å². The molecule has 2 aromatic carbocycles. The number of aryl methyl sites for hydroxylation is 2. The van der Waals surface area contributed by atoms with Gasteiger partial charge in [0.1, 0.15) is 11.4 Å². The summed E-state index contributed by atoms with van der Waals surface area (Å²) >= 11 is 5.63. The minimum atomic E-state index is -0.245. The van der Waals surface area contributed by atoms with E-state index >= 15 is 0 Å². The summed E-state index contributed by atoms with van der Waals surface area (Å²) in [5, 5.41) is 11.5. The monoisotopic (exact) mass is 450 g/mol. The van der Waals surface area contributed by atoms with Crippen LogP contribution in [0.1, 0.15) is 69.4 Å². The molecule has 1 aliphatic heterocycles. The highest BCUT2D eigenvalue weighted by Crippen LogP contribution is 2.40. The SMILES string of the molecule is Cc1ccc(N2C(=O)/C(=C/c3cc(C(C)(C)C)c(O)c(C(C)(C)C)c3)N(C)C2=S)cc1C. The van der Waals surface area contributed by atoms with Gasteiger partial charge >= 0.3 is 0 Å². The molecule has 1 amide bonds. The summed E-state index contributed by atoms with van der Waals surface area (Å²) in [5.41, 5.74) is 5.67. The van der Waals surface area contributed by atoms with Gasteiger partial charge in [-0.3, -0.25) is 9.69 Å². The number of nitrogens with zero attached hydrogens (tertiary/aromatic N) is 2. The van der Waals surface area contributed by atoms with Gasteiger partial charge in [-0.1, -0.05) is 47.6 Å². The first kappa shape index (κ1) is 24.0. The van der Waals surface area contributed by atoms with E-state index in [1.54, 1.807) is 9.80 Å². The van der Waals surface area contributed by atoms with Gasteiger partial charge < -0.3 is 10.0 Å². The molecule has 3 rings (SSSR count). The lowest BCUT2D eigenvalue weighted by molar-refractivity contribution is -0.114. The van der Waals surface area contributed by atoms with Gasteiger partial charge in [-0.25, -0.2) is 0 Å². The highest BCUT2D eigenvalue weighted by molar-refractivity contribution is 7.80. The molecule has 4 nitrogen and oxygen atoms in total. The molecule has 1 aliphatic rings. The van der Waals surface area contributed by atoms with Gasteiger partial charge in [0.2, 0.25) is 0 Å². The number of amides is 1. The maximum Gasteiger partial charge on any atom is 0.281 e. The van der Waals surface area contributed by atoms with Crippen molar-refractivity contribution in [3.8, 4) is 5.75 Å². The predicted molar refractivity (Wildman–Crippen MR) is 137 cm³/mol. The molecule has 0 unspecified atom stereocenters. The Bertz CT molecular complexity index is 1100. The molecule has 0 radical (unpaired) electrons. The zero-order chi connectivity index (χ0) is 24.2. The third-order valence-electron chi connectivity index (χ3n) is 6.06. The first-order valence-corrected chi connectivity index (χ1v) is 11.3. The molecule has 0 spiro atoms. The molecule has 170 valence electrons. The van der Waals surface area contributed by atoms with Gasteiger partial charge in [-0.15, -0.1) is 0 Å². The lowest BCUT2D eigenvalue weighted by Gasteiger charge is -2.28. The van der Waals surface area contributed by atoms with Gasteiger partial charge in [0.05, 0.1) is 5.69 Å².